The van der Waals surface area contributed by atoms with Crippen molar-refractivity contribution in [2.45, 2.75) is 13.5 Å². The number of methoxy groups -OCH3 is 1. The molecule has 0 radical (unpaired) electrons. The van der Waals surface area contributed by atoms with Crippen LogP contribution in [0.25, 0.3) is 0 Å². The molecular weight excluding hydrogens is 376 g/mol. The Morgan fingerprint density at radius 1 is 1.11 bits per heavy atom. The minimum Gasteiger partial charge on any atom is -0.495 e. The Kier molecular flexibility index (Phi) is 7.02. The Labute approximate surface area is 169 Å². The van der Waals surface area contributed by atoms with Crippen LogP contribution in [0.4, 0.5) is 11.4 Å². The molecule has 3 rings (SSSR count). The number of hydrogen-bond acceptors (Lipinski definition) is 4. The fourth-order valence-corrected chi connectivity index (χ4v) is 4.25. The van der Waals surface area contributed by atoms with Gasteiger partial charge in [0.25, 0.3) is 5.91 Å². The third kappa shape index (κ3) is 5.79. The fraction of sp³-hybridized carbons (Fsp3) is 0.400. The summed E-state index contributed by atoms with van der Waals surface area (Å²) >= 11 is 1.81. The van der Waals surface area contributed by atoms with Crippen molar-refractivity contribution in [2.24, 2.45) is 0 Å². The van der Waals surface area contributed by atoms with Gasteiger partial charge < -0.3 is 25.2 Å². The number of amides is 2. The molecule has 7 nitrogen and oxygen atoms in total. The van der Waals surface area contributed by atoms with E-state index in [9.17, 15) is 9.59 Å². The Hall–Kier alpha value is -2.42. The summed E-state index contributed by atoms with van der Waals surface area (Å²) in [6.07, 6.45) is 0. The van der Waals surface area contributed by atoms with Gasteiger partial charge in [-0.3, -0.25) is 9.59 Å². The van der Waals surface area contributed by atoms with Crippen molar-refractivity contribution in [3.8, 4) is 5.75 Å². The first-order valence-corrected chi connectivity index (χ1v) is 10.4. The van der Waals surface area contributed by atoms with Gasteiger partial charge in [0.05, 0.1) is 17.7 Å². The number of nitrogens with one attached hydrogen (secondary N) is 4. The molecule has 0 atom stereocenters. The molecule has 0 aliphatic carbocycles. The molecule has 28 heavy (non-hydrogen) atoms. The SMILES string of the molecule is COc1ccc(NC(C)=O)cc1NC(=O)C[NH+]1CC[NH+](Cc2cccs2)CC1. The summed E-state index contributed by atoms with van der Waals surface area (Å²) in [5.41, 5.74) is 1.20. The highest BCUT2D eigenvalue weighted by Gasteiger charge is 2.25. The monoisotopic (exact) mass is 404 g/mol. The van der Waals surface area contributed by atoms with E-state index in [1.165, 1.54) is 16.7 Å². The Bertz CT molecular complexity index is 802. The molecular formula is C20H28N4O3S+2. The second-order valence-corrected chi connectivity index (χ2v) is 8.11. The highest BCUT2D eigenvalue weighted by atomic mass is 32.1. The molecule has 1 fully saturated rings. The van der Waals surface area contributed by atoms with E-state index in [4.69, 9.17) is 4.74 Å². The van der Waals surface area contributed by atoms with E-state index in [1.807, 2.05) is 11.3 Å². The summed E-state index contributed by atoms with van der Waals surface area (Å²) in [7, 11) is 1.56. The van der Waals surface area contributed by atoms with Crippen LogP contribution < -0.4 is 25.2 Å². The van der Waals surface area contributed by atoms with Crippen molar-refractivity contribution in [1.29, 1.82) is 0 Å². The van der Waals surface area contributed by atoms with E-state index in [2.05, 4.69) is 28.1 Å². The van der Waals surface area contributed by atoms with Gasteiger partial charge in [-0.25, -0.2) is 0 Å². The quantitative estimate of drug-likeness (QED) is 0.509. The fourth-order valence-electron chi connectivity index (χ4n) is 3.48. The van der Waals surface area contributed by atoms with Crippen LogP contribution in [0.2, 0.25) is 0 Å². The number of anilines is 2. The third-order valence-corrected chi connectivity index (χ3v) is 5.75. The van der Waals surface area contributed by atoms with Gasteiger partial charge in [-0.15, -0.1) is 11.3 Å². The van der Waals surface area contributed by atoms with Gasteiger partial charge in [0.15, 0.2) is 6.54 Å². The van der Waals surface area contributed by atoms with Gasteiger partial charge in [-0.2, -0.15) is 0 Å². The Morgan fingerprint density at radius 2 is 1.86 bits per heavy atom. The van der Waals surface area contributed by atoms with Crippen LogP contribution in [0, 0.1) is 0 Å². The highest BCUT2D eigenvalue weighted by molar-refractivity contribution is 7.09. The van der Waals surface area contributed by atoms with Crippen molar-refractivity contribution in [3.63, 3.8) is 0 Å². The predicted octanol–water partition coefficient (Wildman–Crippen LogP) is -0.363. The van der Waals surface area contributed by atoms with Gasteiger partial charge in [0.1, 0.15) is 38.5 Å². The molecule has 2 amide bonds. The molecule has 1 aromatic carbocycles. The number of quaternary nitrogens is 2. The molecule has 0 bridgehead atoms. The number of thiophene rings is 1. The summed E-state index contributed by atoms with van der Waals surface area (Å²) in [5.74, 6) is 0.368. The number of piperazine rings is 1. The summed E-state index contributed by atoms with van der Waals surface area (Å²) in [5, 5.41) is 7.77. The van der Waals surface area contributed by atoms with Crippen molar-refractivity contribution < 1.29 is 24.1 Å². The molecule has 1 saturated heterocycles. The van der Waals surface area contributed by atoms with E-state index in [0.717, 1.165) is 32.7 Å². The van der Waals surface area contributed by atoms with Crippen molar-refractivity contribution in [1.82, 2.24) is 0 Å². The number of rotatable bonds is 7. The molecule has 4 N–H and O–H groups in total. The van der Waals surface area contributed by atoms with Crippen molar-refractivity contribution in [2.75, 3.05) is 50.5 Å². The maximum absolute atomic E-state index is 12.5. The predicted molar refractivity (Wildman–Crippen MR) is 110 cm³/mol. The van der Waals surface area contributed by atoms with E-state index >= 15 is 0 Å². The number of carbonyl (C=O) groups is 2. The average molecular weight is 405 g/mol. The summed E-state index contributed by atoms with van der Waals surface area (Å²) in [6, 6.07) is 9.49. The summed E-state index contributed by atoms with van der Waals surface area (Å²) in [4.78, 5) is 28.1. The zero-order chi connectivity index (χ0) is 19.9. The molecule has 2 heterocycles. The van der Waals surface area contributed by atoms with E-state index in [0.29, 0.717) is 23.7 Å². The lowest BCUT2D eigenvalue weighted by molar-refractivity contribution is -1.01. The van der Waals surface area contributed by atoms with Crippen LogP contribution in [0.3, 0.4) is 0 Å². The van der Waals surface area contributed by atoms with Gasteiger partial charge in [0.2, 0.25) is 5.91 Å². The molecule has 2 aromatic rings. The van der Waals surface area contributed by atoms with Crippen LogP contribution in [-0.2, 0) is 16.1 Å². The molecule has 8 heteroatoms. The minimum absolute atomic E-state index is 0.0463. The highest BCUT2D eigenvalue weighted by Crippen LogP contribution is 2.27. The van der Waals surface area contributed by atoms with Crippen LogP contribution in [0.1, 0.15) is 11.8 Å². The topological polar surface area (TPSA) is 76.3 Å². The molecule has 1 aromatic heterocycles. The van der Waals surface area contributed by atoms with Gasteiger partial charge >= 0.3 is 0 Å². The number of hydrogen-bond donors (Lipinski definition) is 4. The van der Waals surface area contributed by atoms with Crippen LogP contribution >= 0.6 is 11.3 Å². The minimum atomic E-state index is -0.158. The lowest BCUT2D eigenvalue weighted by Gasteiger charge is -2.29. The second kappa shape index (κ2) is 9.68. The lowest BCUT2D eigenvalue weighted by Crippen LogP contribution is -3.28. The Balaban J connectivity index is 1.51. The van der Waals surface area contributed by atoms with Crippen molar-refractivity contribution >= 4 is 34.5 Å². The number of ether oxygens (including phenoxy) is 1. The summed E-state index contributed by atoms with van der Waals surface area (Å²) < 4.78 is 5.32. The van der Waals surface area contributed by atoms with E-state index in [1.54, 1.807) is 30.2 Å². The zero-order valence-electron chi connectivity index (χ0n) is 16.3. The van der Waals surface area contributed by atoms with E-state index < -0.39 is 0 Å². The van der Waals surface area contributed by atoms with Gasteiger partial charge in [-0.05, 0) is 29.6 Å². The normalized spacial score (nSPS) is 19.1. The second-order valence-electron chi connectivity index (χ2n) is 7.08. The largest absolute Gasteiger partial charge is 0.495 e. The zero-order valence-corrected chi connectivity index (χ0v) is 17.2. The first kappa shape index (κ1) is 20.3. The summed E-state index contributed by atoms with van der Waals surface area (Å²) in [6.45, 7) is 7.06. The van der Waals surface area contributed by atoms with Gasteiger partial charge in [-0.1, -0.05) is 6.07 Å². The maximum atomic E-state index is 12.5. The van der Waals surface area contributed by atoms with Crippen LogP contribution in [0.5, 0.6) is 5.75 Å². The third-order valence-electron chi connectivity index (χ3n) is 4.87. The van der Waals surface area contributed by atoms with Crippen LogP contribution in [-0.4, -0.2) is 51.6 Å². The average Bonchev–Trinajstić information content (AvgIpc) is 3.16. The number of carbonyl (C=O) groups excluding carboxylic acids is 2. The molecule has 1 aliphatic rings. The van der Waals surface area contributed by atoms with Crippen molar-refractivity contribution in [3.05, 3.63) is 40.6 Å². The lowest BCUT2D eigenvalue weighted by atomic mass is 10.2. The molecule has 0 saturated carbocycles. The van der Waals surface area contributed by atoms with E-state index in [-0.39, 0.29) is 11.8 Å². The number of benzene rings is 1. The molecule has 150 valence electrons. The van der Waals surface area contributed by atoms with Gasteiger partial charge in [0, 0.05) is 12.6 Å². The molecule has 0 spiro atoms. The first-order chi connectivity index (χ1) is 13.5. The smallest absolute Gasteiger partial charge is 0.279 e. The molecule has 0 unspecified atom stereocenters. The van der Waals surface area contributed by atoms with Crippen LogP contribution in [0.15, 0.2) is 35.7 Å². The first-order valence-electron chi connectivity index (χ1n) is 9.48. The Morgan fingerprint density at radius 3 is 2.50 bits per heavy atom. The molecule has 1 aliphatic heterocycles. The standard InChI is InChI=1S/C20H26N4O3S/c1-15(25)21-16-5-6-19(27-2)18(12-16)22-20(26)14-24-9-7-23(8-10-24)13-17-4-3-11-28-17/h3-6,11-12H,7-10,13-14H2,1-2H3,(H,21,25)(H,22,26)/p+2. The maximum Gasteiger partial charge on any atom is 0.279 e.